The van der Waals surface area contributed by atoms with E-state index in [-0.39, 0.29) is 0 Å². The predicted octanol–water partition coefficient (Wildman–Crippen LogP) is 3.44. The molecule has 29 heavy (non-hydrogen) atoms. The molecule has 6 nitrogen and oxygen atoms in total. The van der Waals surface area contributed by atoms with Crippen LogP contribution in [0.5, 0.6) is 5.75 Å². The molecule has 0 aliphatic carbocycles. The largest absolute Gasteiger partial charge is 0.495 e. The molecular formula is C22H29ClN4O2. The Morgan fingerprint density at radius 3 is 2.62 bits per heavy atom. The number of hydrogen-bond donors (Lipinski definition) is 2. The summed E-state index contributed by atoms with van der Waals surface area (Å²) in [6.07, 6.45) is 1.02. The fourth-order valence-corrected chi connectivity index (χ4v) is 3.67. The van der Waals surface area contributed by atoms with Crippen molar-refractivity contribution in [2.24, 2.45) is 4.99 Å². The van der Waals surface area contributed by atoms with Crippen LogP contribution < -0.4 is 20.3 Å². The molecule has 1 aliphatic rings. The zero-order valence-electron chi connectivity index (χ0n) is 17.2. The van der Waals surface area contributed by atoms with Gasteiger partial charge in [0.05, 0.1) is 19.4 Å². The quantitative estimate of drug-likeness (QED) is 0.535. The molecule has 0 aromatic heterocycles. The van der Waals surface area contributed by atoms with Gasteiger partial charge in [-0.05, 0) is 35.7 Å². The first-order valence-corrected chi connectivity index (χ1v) is 10.1. The van der Waals surface area contributed by atoms with E-state index in [1.54, 1.807) is 21.3 Å². The first kappa shape index (κ1) is 21.3. The Morgan fingerprint density at radius 2 is 1.93 bits per heavy atom. The zero-order chi connectivity index (χ0) is 20.6. The van der Waals surface area contributed by atoms with Gasteiger partial charge in [0.15, 0.2) is 5.96 Å². The van der Waals surface area contributed by atoms with Crippen molar-refractivity contribution in [2.75, 3.05) is 39.3 Å². The Hall–Kier alpha value is -2.44. The minimum Gasteiger partial charge on any atom is -0.495 e. The summed E-state index contributed by atoms with van der Waals surface area (Å²) in [7, 11) is 5.19. The van der Waals surface area contributed by atoms with Gasteiger partial charge in [0, 0.05) is 44.9 Å². The van der Waals surface area contributed by atoms with Crippen LogP contribution in [-0.2, 0) is 17.9 Å². The molecule has 1 unspecified atom stereocenters. The summed E-state index contributed by atoms with van der Waals surface area (Å²) >= 11 is 6.19. The van der Waals surface area contributed by atoms with Gasteiger partial charge in [0.2, 0.25) is 0 Å². The molecule has 2 aromatic rings. The number of nitrogens with zero attached hydrogens (tertiary/aromatic N) is 2. The third-order valence-electron chi connectivity index (χ3n) is 5.03. The van der Waals surface area contributed by atoms with Crippen LogP contribution in [-0.4, -0.2) is 46.4 Å². The van der Waals surface area contributed by atoms with E-state index in [0.717, 1.165) is 36.9 Å². The van der Waals surface area contributed by atoms with Gasteiger partial charge in [-0.15, -0.1) is 0 Å². The molecule has 3 rings (SSSR count). The predicted molar refractivity (Wildman–Crippen MR) is 119 cm³/mol. The molecule has 0 radical (unpaired) electrons. The van der Waals surface area contributed by atoms with E-state index >= 15 is 0 Å². The minimum absolute atomic E-state index is 0.300. The van der Waals surface area contributed by atoms with Gasteiger partial charge in [0.1, 0.15) is 5.75 Å². The number of guanidine groups is 1. The van der Waals surface area contributed by atoms with Gasteiger partial charge in [-0.25, -0.2) is 0 Å². The van der Waals surface area contributed by atoms with E-state index in [9.17, 15) is 0 Å². The van der Waals surface area contributed by atoms with E-state index in [4.69, 9.17) is 21.1 Å². The maximum Gasteiger partial charge on any atom is 0.191 e. The fourth-order valence-electron chi connectivity index (χ4n) is 3.50. The second-order valence-corrected chi connectivity index (χ2v) is 7.50. The summed E-state index contributed by atoms with van der Waals surface area (Å²) in [6.45, 7) is 3.15. The molecule has 0 amide bonds. The Balaban J connectivity index is 1.53. The first-order valence-electron chi connectivity index (χ1n) is 9.75. The van der Waals surface area contributed by atoms with Crippen LogP contribution in [0.25, 0.3) is 0 Å². The molecule has 1 aliphatic heterocycles. The summed E-state index contributed by atoms with van der Waals surface area (Å²) in [5.41, 5.74) is 3.40. The zero-order valence-corrected chi connectivity index (χ0v) is 18.0. The lowest BCUT2D eigenvalue weighted by Crippen LogP contribution is -2.44. The Bertz CT molecular complexity index is 826. The molecule has 0 saturated carbocycles. The average molecular weight is 417 g/mol. The molecule has 1 fully saturated rings. The summed E-state index contributed by atoms with van der Waals surface area (Å²) < 4.78 is 10.7. The Morgan fingerprint density at radius 1 is 1.17 bits per heavy atom. The normalized spacial score (nSPS) is 16.8. The summed E-state index contributed by atoms with van der Waals surface area (Å²) in [6, 6.07) is 14.4. The molecule has 0 spiro atoms. The number of benzene rings is 2. The van der Waals surface area contributed by atoms with Crippen LogP contribution in [0.4, 0.5) is 5.69 Å². The van der Waals surface area contributed by atoms with Gasteiger partial charge in [-0.2, -0.15) is 0 Å². The number of aliphatic imine (C=N–C) groups is 1. The second kappa shape index (κ2) is 10.4. The van der Waals surface area contributed by atoms with Crippen molar-refractivity contribution >= 4 is 23.2 Å². The lowest BCUT2D eigenvalue weighted by atomic mass is 10.1. The number of methoxy groups -OCH3 is 2. The number of anilines is 1. The second-order valence-electron chi connectivity index (χ2n) is 7.07. The third-order valence-corrected chi connectivity index (χ3v) is 5.26. The van der Waals surface area contributed by atoms with E-state index in [1.165, 1.54) is 11.1 Å². The van der Waals surface area contributed by atoms with Gasteiger partial charge in [-0.3, -0.25) is 4.99 Å². The Kier molecular flexibility index (Phi) is 7.61. The number of hydrogen-bond acceptors (Lipinski definition) is 4. The van der Waals surface area contributed by atoms with Crippen LogP contribution >= 0.6 is 11.6 Å². The van der Waals surface area contributed by atoms with Crippen molar-refractivity contribution in [2.45, 2.75) is 25.6 Å². The molecule has 2 N–H and O–H groups in total. The van der Waals surface area contributed by atoms with E-state index in [2.05, 4.69) is 44.8 Å². The Labute approximate surface area is 177 Å². The standard InChI is InChI=1S/C22H29ClN4O2/c1-24-22(25-13-16-4-6-17(7-5-16)15-28-2)26-19-10-11-27(14-19)20-12-18(23)8-9-21(20)29-3/h4-9,12,19H,10-11,13-15H2,1-3H3,(H2,24,25,26). The van der Waals surface area contributed by atoms with Crippen LogP contribution in [0, 0.1) is 0 Å². The number of rotatable bonds is 7. The van der Waals surface area contributed by atoms with E-state index in [1.807, 2.05) is 18.2 Å². The third kappa shape index (κ3) is 5.78. The number of halogens is 1. The van der Waals surface area contributed by atoms with Crippen molar-refractivity contribution in [1.82, 2.24) is 10.6 Å². The van der Waals surface area contributed by atoms with Crippen LogP contribution in [0.2, 0.25) is 5.02 Å². The van der Waals surface area contributed by atoms with Crippen LogP contribution in [0.3, 0.4) is 0 Å². The van der Waals surface area contributed by atoms with Crippen LogP contribution in [0.1, 0.15) is 17.5 Å². The monoisotopic (exact) mass is 416 g/mol. The van der Waals surface area contributed by atoms with Crippen LogP contribution in [0.15, 0.2) is 47.5 Å². The first-order chi connectivity index (χ1) is 14.1. The molecule has 1 atom stereocenters. The van der Waals surface area contributed by atoms with Gasteiger partial charge < -0.3 is 25.0 Å². The molecule has 1 saturated heterocycles. The van der Waals surface area contributed by atoms with Gasteiger partial charge in [0.25, 0.3) is 0 Å². The fraction of sp³-hybridized carbons (Fsp3) is 0.409. The van der Waals surface area contributed by atoms with Gasteiger partial charge >= 0.3 is 0 Å². The maximum atomic E-state index is 6.19. The highest BCUT2D eigenvalue weighted by molar-refractivity contribution is 6.30. The molecule has 2 aromatic carbocycles. The topological polar surface area (TPSA) is 58.1 Å². The van der Waals surface area contributed by atoms with Crippen molar-refractivity contribution in [3.63, 3.8) is 0 Å². The lowest BCUT2D eigenvalue weighted by molar-refractivity contribution is 0.185. The van der Waals surface area contributed by atoms with E-state index in [0.29, 0.717) is 24.2 Å². The van der Waals surface area contributed by atoms with Crippen molar-refractivity contribution in [3.8, 4) is 5.75 Å². The highest BCUT2D eigenvalue weighted by Gasteiger charge is 2.25. The van der Waals surface area contributed by atoms with Crippen molar-refractivity contribution in [1.29, 1.82) is 0 Å². The SMILES string of the molecule is CN=C(NCc1ccc(COC)cc1)NC1CCN(c2cc(Cl)ccc2OC)C1. The molecule has 7 heteroatoms. The van der Waals surface area contributed by atoms with Crippen molar-refractivity contribution < 1.29 is 9.47 Å². The summed E-state index contributed by atoms with van der Waals surface area (Å²) in [4.78, 5) is 6.67. The lowest BCUT2D eigenvalue weighted by Gasteiger charge is -2.22. The smallest absolute Gasteiger partial charge is 0.191 e. The summed E-state index contributed by atoms with van der Waals surface area (Å²) in [5.74, 6) is 1.64. The molecular weight excluding hydrogens is 388 g/mol. The average Bonchev–Trinajstić information content (AvgIpc) is 3.20. The number of ether oxygens (including phenoxy) is 2. The van der Waals surface area contributed by atoms with Crippen molar-refractivity contribution in [3.05, 3.63) is 58.6 Å². The molecule has 0 bridgehead atoms. The minimum atomic E-state index is 0.300. The number of nitrogens with one attached hydrogen (secondary N) is 2. The summed E-state index contributed by atoms with van der Waals surface area (Å²) in [5, 5.41) is 7.63. The molecule has 1 heterocycles. The molecule has 156 valence electrons. The highest BCUT2D eigenvalue weighted by Crippen LogP contribution is 2.33. The van der Waals surface area contributed by atoms with E-state index < -0.39 is 0 Å². The maximum absolute atomic E-state index is 6.19. The highest BCUT2D eigenvalue weighted by atomic mass is 35.5. The van der Waals surface area contributed by atoms with Gasteiger partial charge in [-0.1, -0.05) is 35.9 Å².